The minimum atomic E-state index is -4.39. The average molecular weight is 202 g/mol. The van der Waals surface area contributed by atoms with Crippen LogP contribution in [0.1, 0.15) is 11.1 Å². The summed E-state index contributed by atoms with van der Waals surface area (Å²) in [4.78, 5) is 0. The molecule has 0 aliphatic rings. The van der Waals surface area contributed by atoms with Gasteiger partial charge in [0.2, 0.25) is 0 Å². The molecule has 1 rings (SSSR count). The second-order valence-electron chi connectivity index (χ2n) is 2.83. The zero-order valence-corrected chi connectivity index (χ0v) is 7.23. The molecule has 0 fully saturated rings. The Bertz CT molecular complexity index is 369. The van der Waals surface area contributed by atoms with Crippen molar-refractivity contribution in [2.24, 2.45) is 5.73 Å². The number of benzene rings is 1. The SMILES string of the molecule is C=C(N)c1ccc(C(F)(F)F)cc1N. The lowest BCUT2D eigenvalue weighted by Gasteiger charge is -2.10. The lowest BCUT2D eigenvalue weighted by Crippen LogP contribution is -2.07. The molecule has 0 unspecified atom stereocenters. The van der Waals surface area contributed by atoms with E-state index in [4.69, 9.17) is 11.5 Å². The highest BCUT2D eigenvalue weighted by Gasteiger charge is 2.30. The molecular weight excluding hydrogens is 193 g/mol. The first-order valence-corrected chi connectivity index (χ1v) is 3.74. The van der Waals surface area contributed by atoms with Crippen LogP contribution in [0.4, 0.5) is 18.9 Å². The van der Waals surface area contributed by atoms with Gasteiger partial charge >= 0.3 is 6.18 Å². The number of rotatable bonds is 1. The third-order valence-electron chi connectivity index (χ3n) is 1.72. The van der Waals surface area contributed by atoms with E-state index in [0.29, 0.717) is 5.56 Å². The van der Waals surface area contributed by atoms with Crippen LogP contribution in [-0.4, -0.2) is 0 Å². The third kappa shape index (κ3) is 1.99. The Hall–Kier alpha value is -1.65. The number of hydrogen-bond donors (Lipinski definition) is 2. The molecule has 2 nitrogen and oxygen atoms in total. The Morgan fingerprint density at radius 1 is 1.29 bits per heavy atom. The van der Waals surface area contributed by atoms with Gasteiger partial charge in [0.15, 0.2) is 0 Å². The van der Waals surface area contributed by atoms with Gasteiger partial charge in [-0.1, -0.05) is 12.6 Å². The number of nitrogens with two attached hydrogens (primary N) is 2. The fourth-order valence-corrected chi connectivity index (χ4v) is 1.03. The van der Waals surface area contributed by atoms with Gasteiger partial charge in [0, 0.05) is 16.9 Å². The second-order valence-corrected chi connectivity index (χ2v) is 2.83. The zero-order valence-electron chi connectivity index (χ0n) is 7.23. The Labute approximate surface area is 79.0 Å². The van der Waals surface area contributed by atoms with Crippen LogP contribution < -0.4 is 11.5 Å². The summed E-state index contributed by atoms with van der Waals surface area (Å²) in [6.45, 7) is 3.39. The van der Waals surface area contributed by atoms with Crippen molar-refractivity contribution in [3.05, 3.63) is 35.9 Å². The summed E-state index contributed by atoms with van der Waals surface area (Å²) >= 11 is 0. The standard InChI is InChI=1S/C9H9F3N2/c1-5(13)7-3-2-6(4-8(7)14)9(10,11)12/h2-4H,1,13-14H2. The van der Waals surface area contributed by atoms with Crippen LogP contribution in [0.25, 0.3) is 5.70 Å². The smallest absolute Gasteiger partial charge is 0.399 e. The summed E-state index contributed by atoms with van der Waals surface area (Å²) in [6.07, 6.45) is -4.39. The lowest BCUT2D eigenvalue weighted by atomic mass is 10.1. The van der Waals surface area contributed by atoms with Gasteiger partial charge in [0.1, 0.15) is 0 Å². The van der Waals surface area contributed by atoms with Gasteiger partial charge in [-0.3, -0.25) is 0 Å². The summed E-state index contributed by atoms with van der Waals surface area (Å²) < 4.78 is 36.6. The summed E-state index contributed by atoms with van der Waals surface area (Å²) in [7, 11) is 0. The Kier molecular flexibility index (Phi) is 2.42. The molecule has 0 amide bonds. The van der Waals surface area contributed by atoms with Crippen LogP contribution in [0.2, 0.25) is 0 Å². The van der Waals surface area contributed by atoms with Gasteiger partial charge in [-0.25, -0.2) is 0 Å². The molecule has 76 valence electrons. The van der Waals surface area contributed by atoms with E-state index in [2.05, 4.69) is 6.58 Å². The highest BCUT2D eigenvalue weighted by molar-refractivity contribution is 5.72. The van der Waals surface area contributed by atoms with Crippen molar-refractivity contribution in [2.75, 3.05) is 5.73 Å². The Morgan fingerprint density at radius 2 is 1.86 bits per heavy atom. The molecule has 0 saturated carbocycles. The maximum atomic E-state index is 12.2. The number of hydrogen-bond acceptors (Lipinski definition) is 2. The van der Waals surface area contributed by atoms with Gasteiger partial charge in [-0.2, -0.15) is 13.2 Å². The van der Waals surface area contributed by atoms with Gasteiger partial charge in [-0.15, -0.1) is 0 Å². The van der Waals surface area contributed by atoms with E-state index in [-0.39, 0.29) is 11.4 Å². The van der Waals surface area contributed by atoms with Crippen molar-refractivity contribution in [3.63, 3.8) is 0 Å². The Balaban J connectivity index is 3.20. The second kappa shape index (κ2) is 3.25. The molecule has 5 heteroatoms. The number of alkyl halides is 3. The first kappa shape index (κ1) is 10.4. The summed E-state index contributed by atoms with van der Waals surface area (Å²) in [5.41, 5.74) is 10.4. The molecule has 0 aromatic heterocycles. The van der Waals surface area contributed by atoms with E-state index < -0.39 is 11.7 Å². The molecular formula is C9H9F3N2. The number of halogens is 3. The fraction of sp³-hybridized carbons (Fsp3) is 0.111. The van der Waals surface area contributed by atoms with Crippen molar-refractivity contribution < 1.29 is 13.2 Å². The summed E-state index contributed by atoms with van der Waals surface area (Å²) in [6, 6.07) is 2.97. The van der Waals surface area contributed by atoms with Gasteiger partial charge < -0.3 is 11.5 Å². The van der Waals surface area contributed by atoms with Gasteiger partial charge in [-0.05, 0) is 12.1 Å². The molecule has 1 aromatic rings. The van der Waals surface area contributed by atoms with E-state index >= 15 is 0 Å². The van der Waals surface area contributed by atoms with Crippen LogP contribution in [0.3, 0.4) is 0 Å². The summed E-state index contributed by atoms with van der Waals surface area (Å²) in [5, 5.41) is 0. The molecule has 14 heavy (non-hydrogen) atoms. The number of anilines is 1. The molecule has 0 bridgehead atoms. The van der Waals surface area contributed by atoms with Crippen molar-refractivity contribution in [3.8, 4) is 0 Å². The zero-order chi connectivity index (χ0) is 10.9. The first-order chi connectivity index (χ1) is 6.32. The largest absolute Gasteiger partial charge is 0.416 e. The normalized spacial score (nSPS) is 11.4. The third-order valence-corrected chi connectivity index (χ3v) is 1.72. The maximum Gasteiger partial charge on any atom is 0.416 e. The van der Waals surface area contributed by atoms with Gasteiger partial charge in [0.25, 0.3) is 0 Å². The van der Waals surface area contributed by atoms with E-state index in [1.807, 2.05) is 0 Å². The molecule has 0 aliphatic heterocycles. The lowest BCUT2D eigenvalue weighted by molar-refractivity contribution is -0.137. The topological polar surface area (TPSA) is 52.0 Å². The van der Waals surface area contributed by atoms with E-state index in [1.54, 1.807) is 0 Å². The molecule has 0 radical (unpaired) electrons. The quantitative estimate of drug-likeness (QED) is 0.686. The molecule has 0 saturated heterocycles. The van der Waals surface area contributed by atoms with Crippen molar-refractivity contribution in [1.82, 2.24) is 0 Å². The van der Waals surface area contributed by atoms with E-state index in [1.165, 1.54) is 6.07 Å². The minimum Gasteiger partial charge on any atom is -0.399 e. The van der Waals surface area contributed by atoms with Crippen LogP contribution in [0, 0.1) is 0 Å². The molecule has 0 aliphatic carbocycles. The van der Waals surface area contributed by atoms with Crippen LogP contribution >= 0.6 is 0 Å². The molecule has 1 aromatic carbocycles. The van der Waals surface area contributed by atoms with E-state index in [0.717, 1.165) is 12.1 Å². The summed E-state index contributed by atoms with van der Waals surface area (Å²) in [5.74, 6) is 0. The van der Waals surface area contributed by atoms with Crippen LogP contribution in [0.15, 0.2) is 24.8 Å². The van der Waals surface area contributed by atoms with Crippen molar-refractivity contribution in [1.29, 1.82) is 0 Å². The first-order valence-electron chi connectivity index (χ1n) is 3.74. The molecule has 0 atom stereocenters. The molecule has 0 spiro atoms. The predicted octanol–water partition coefficient (Wildman–Crippen LogP) is 2.22. The molecule has 0 heterocycles. The monoisotopic (exact) mass is 202 g/mol. The van der Waals surface area contributed by atoms with Gasteiger partial charge in [0.05, 0.1) is 5.56 Å². The van der Waals surface area contributed by atoms with Crippen molar-refractivity contribution >= 4 is 11.4 Å². The van der Waals surface area contributed by atoms with E-state index in [9.17, 15) is 13.2 Å². The highest BCUT2D eigenvalue weighted by atomic mass is 19.4. The maximum absolute atomic E-state index is 12.2. The van der Waals surface area contributed by atoms with Crippen molar-refractivity contribution in [2.45, 2.75) is 6.18 Å². The number of nitrogen functional groups attached to an aromatic ring is 1. The highest BCUT2D eigenvalue weighted by Crippen LogP contribution is 2.32. The Morgan fingerprint density at radius 3 is 2.21 bits per heavy atom. The van der Waals surface area contributed by atoms with Crippen LogP contribution in [0.5, 0.6) is 0 Å². The predicted molar refractivity (Wildman–Crippen MR) is 49.1 cm³/mol. The molecule has 4 N–H and O–H groups in total. The fourth-order valence-electron chi connectivity index (χ4n) is 1.03. The average Bonchev–Trinajstić information content (AvgIpc) is 2.01. The minimum absolute atomic E-state index is 0.0210. The van der Waals surface area contributed by atoms with Crippen LogP contribution in [-0.2, 0) is 6.18 Å².